The summed E-state index contributed by atoms with van der Waals surface area (Å²) < 4.78 is 48.9. The number of halogens is 1. The van der Waals surface area contributed by atoms with Crippen molar-refractivity contribution in [3.63, 3.8) is 0 Å². The molecule has 0 aliphatic rings. The quantitative estimate of drug-likeness (QED) is 0.294. The fourth-order valence-electron chi connectivity index (χ4n) is 3.66. The van der Waals surface area contributed by atoms with E-state index in [0.717, 1.165) is 16.8 Å². The third-order valence-corrected chi connectivity index (χ3v) is 8.62. The normalized spacial score (nSPS) is 12.2. The van der Waals surface area contributed by atoms with E-state index in [0.29, 0.717) is 41.6 Å². The maximum absolute atomic E-state index is 14.0. The van der Waals surface area contributed by atoms with E-state index in [4.69, 9.17) is 9.40 Å². The minimum atomic E-state index is -3.59. The summed E-state index contributed by atoms with van der Waals surface area (Å²) in [5, 5.41) is 0.708. The number of sulfonamides is 1. The molecule has 33 heavy (non-hydrogen) atoms. The number of thioether (sulfide) groups is 1. The molecule has 174 valence electrons. The average molecular weight is 488 g/mol. The molecule has 9 heteroatoms. The highest BCUT2D eigenvalue weighted by atomic mass is 32.2. The lowest BCUT2D eigenvalue weighted by Gasteiger charge is -2.18. The predicted octanol–water partition coefficient (Wildman–Crippen LogP) is 5.45. The molecule has 0 saturated carbocycles. The lowest BCUT2D eigenvalue weighted by molar-refractivity contribution is 0.445. The summed E-state index contributed by atoms with van der Waals surface area (Å²) in [5.41, 5.74) is 2.86. The molecule has 2 aromatic heterocycles. The van der Waals surface area contributed by atoms with Crippen LogP contribution in [0, 0.1) is 12.7 Å². The van der Waals surface area contributed by atoms with Crippen LogP contribution in [0.25, 0.3) is 11.0 Å². The van der Waals surface area contributed by atoms with Gasteiger partial charge in [-0.3, -0.25) is 0 Å². The Bertz CT molecular complexity index is 1360. The molecule has 0 aliphatic heterocycles. The molecule has 0 radical (unpaired) electrons. The van der Waals surface area contributed by atoms with E-state index in [9.17, 15) is 12.8 Å². The third kappa shape index (κ3) is 4.85. The zero-order chi connectivity index (χ0) is 23.6. The van der Waals surface area contributed by atoms with Crippen molar-refractivity contribution in [2.75, 3.05) is 13.1 Å². The van der Waals surface area contributed by atoms with Crippen LogP contribution in [0.4, 0.5) is 4.39 Å². The van der Waals surface area contributed by atoms with Crippen molar-refractivity contribution < 1.29 is 17.2 Å². The van der Waals surface area contributed by atoms with Gasteiger partial charge in [0.05, 0.1) is 28.7 Å². The van der Waals surface area contributed by atoms with Gasteiger partial charge in [-0.25, -0.2) is 17.8 Å². The number of aromatic nitrogens is 2. The van der Waals surface area contributed by atoms with Crippen LogP contribution in [0.2, 0.25) is 0 Å². The van der Waals surface area contributed by atoms with E-state index in [2.05, 4.69) is 0 Å². The van der Waals surface area contributed by atoms with Crippen molar-refractivity contribution in [1.82, 2.24) is 13.9 Å². The number of hydrogen-bond donors (Lipinski definition) is 0. The summed E-state index contributed by atoms with van der Waals surface area (Å²) in [6, 6.07) is 14.0. The van der Waals surface area contributed by atoms with E-state index in [1.165, 1.54) is 22.1 Å². The smallest absolute Gasteiger partial charge is 0.243 e. The lowest BCUT2D eigenvalue weighted by Crippen LogP contribution is -2.30. The molecular formula is C24H26FN3O3S2. The maximum atomic E-state index is 14.0. The molecule has 2 aromatic carbocycles. The molecular weight excluding hydrogens is 461 g/mol. The van der Waals surface area contributed by atoms with Crippen molar-refractivity contribution in [3.8, 4) is 0 Å². The summed E-state index contributed by atoms with van der Waals surface area (Å²) >= 11 is 1.47. The summed E-state index contributed by atoms with van der Waals surface area (Å²) in [4.78, 5) is 4.96. The molecule has 4 rings (SSSR count). The van der Waals surface area contributed by atoms with Crippen LogP contribution < -0.4 is 0 Å². The minimum absolute atomic E-state index is 0.221. The summed E-state index contributed by atoms with van der Waals surface area (Å²) in [5.74, 6) is 1.06. The summed E-state index contributed by atoms with van der Waals surface area (Å²) in [6.07, 6.45) is 1.62. The number of aryl methyl sites for hydroxylation is 1. The Hall–Kier alpha value is -2.62. The SMILES string of the molecule is CCN(CC)S(=O)(=O)c1ccc2c(c1)nc(SCc1ccc(C)c(F)c1)n2Cc1ccco1. The van der Waals surface area contributed by atoms with Crippen LogP contribution in [0.5, 0.6) is 0 Å². The highest BCUT2D eigenvalue weighted by Gasteiger charge is 2.23. The number of benzene rings is 2. The van der Waals surface area contributed by atoms with Gasteiger partial charge in [0.1, 0.15) is 11.6 Å². The second kappa shape index (κ2) is 9.70. The largest absolute Gasteiger partial charge is 0.467 e. The van der Waals surface area contributed by atoms with Gasteiger partial charge in [0.15, 0.2) is 5.16 Å². The molecule has 0 spiro atoms. The van der Waals surface area contributed by atoms with E-state index < -0.39 is 10.0 Å². The Balaban J connectivity index is 1.72. The standard InChI is InChI=1S/C24H26FN3O3S2/c1-4-27(5-2)33(29,30)20-10-11-23-22(14-20)26-24(28(23)15-19-7-6-12-31-19)32-16-18-9-8-17(3)21(25)13-18/h6-14H,4-5,15-16H2,1-3H3. The van der Waals surface area contributed by atoms with E-state index in [1.807, 2.05) is 36.6 Å². The van der Waals surface area contributed by atoms with Gasteiger partial charge < -0.3 is 8.98 Å². The number of furan rings is 1. The summed E-state index contributed by atoms with van der Waals surface area (Å²) in [7, 11) is -3.59. The molecule has 0 fully saturated rings. The van der Waals surface area contributed by atoms with Gasteiger partial charge in [-0.05, 0) is 54.4 Å². The van der Waals surface area contributed by atoms with E-state index in [-0.39, 0.29) is 10.7 Å². The van der Waals surface area contributed by atoms with Gasteiger partial charge in [-0.15, -0.1) is 0 Å². The third-order valence-electron chi connectivity index (χ3n) is 5.53. The second-order valence-corrected chi connectivity index (χ2v) is 10.6. The van der Waals surface area contributed by atoms with Gasteiger partial charge in [0, 0.05) is 18.8 Å². The monoisotopic (exact) mass is 487 g/mol. The van der Waals surface area contributed by atoms with E-state index in [1.54, 1.807) is 37.5 Å². The predicted molar refractivity (Wildman–Crippen MR) is 128 cm³/mol. The second-order valence-electron chi connectivity index (χ2n) is 7.67. The number of rotatable bonds is 9. The van der Waals surface area contributed by atoms with Crippen molar-refractivity contribution in [2.45, 2.75) is 43.1 Å². The Morgan fingerprint density at radius 2 is 1.91 bits per heavy atom. The van der Waals surface area contributed by atoms with Crippen LogP contribution in [0.3, 0.4) is 0 Å². The Morgan fingerprint density at radius 3 is 2.58 bits per heavy atom. The highest BCUT2D eigenvalue weighted by molar-refractivity contribution is 7.98. The molecule has 0 N–H and O–H groups in total. The zero-order valence-corrected chi connectivity index (χ0v) is 20.4. The van der Waals surface area contributed by atoms with Gasteiger partial charge in [0.25, 0.3) is 0 Å². The van der Waals surface area contributed by atoms with Crippen molar-refractivity contribution in [2.24, 2.45) is 0 Å². The van der Waals surface area contributed by atoms with Crippen molar-refractivity contribution in [3.05, 3.63) is 77.5 Å². The first kappa shape index (κ1) is 23.5. The molecule has 2 heterocycles. The van der Waals surface area contributed by atoms with Crippen LogP contribution in [-0.2, 0) is 22.3 Å². The van der Waals surface area contributed by atoms with Gasteiger partial charge in [-0.2, -0.15) is 4.31 Å². The first-order valence-corrected chi connectivity index (χ1v) is 13.2. The van der Waals surface area contributed by atoms with Crippen LogP contribution >= 0.6 is 11.8 Å². The molecule has 0 aliphatic carbocycles. The number of nitrogens with zero attached hydrogens (tertiary/aromatic N) is 3. The van der Waals surface area contributed by atoms with Crippen LogP contribution in [-0.4, -0.2) is 35.4 Å². The number of imidazole rings is 1. The van der Waals surface area contributed by atoms with Crippen LogP contribution in [0.15, 0.2) is 69.3 Å². The zero-order valence-electron chi connectivity index (χ0n) is 18.8. The van der Waals surface area contributed by atoms with Gasteiger partial charge >= 0.3 is 0 Å². The van der Waals surface area contributed by atoms with Gasteiger partial charge in [-0.1, -0.05) is 37.7 Å². The molecule has 0 bridgehead atoms. The highest BCUT2D eigenvalue weighted by Crippen LogP contribution is 2.30. The lowest BCUT2D eigenvalue weighted by atomic mass is 10.2. The fourth-order valence-corrected chi connectivity index (χ4v) is 6.09. The first-order valence-electron chi connectivity index (χ1n) is 10.7. The van der Waals surface area contributed by atoms with Crippen LogP contribution in [0.1, 0.15) is 30.7 Å². The Morgan fingerprint density at radius 1 is 1.12 bits per heavy atom. The maximum Gasteiger partial charge on any atom is 0.243 e. The number of fused-ring (bicyclic) bond motifs is 1. The molecule has 0 atom stereocenters. The Kier molecular flexibility index (Phi) is 6.92. The average Bonchev–Trinajstić information content (AvgIpc) is 3.43. The molecule has 0 saturated heterocycles. The molecule has 0 unspecified atom stereocenters. The molecule has 0 amide bonds. The minimum Gasteiger partial charge on any atom is -0.467 e. The first-order chi connectivity index (χ1) is 15.8. The fraction of sp³-hybridized carbons (Fsp3) is 0.292. The number of hydrogen-bond acceptors (Lipinski definition) is 5. The van der Waals surface area contributed by atoms with E-state index >= 15 is 0 Å². The molecule has 6 nitrogen and oxygen atoms in total. The Labute approximate surface area is 197 Å². The molecule has 4 aromatic rings. The summed E-state index contributed by atoms with van der Waals surface area (Å²) in [6.45, 7) is 6.63. The topological polar surface area (TPSA) is 68.3 Å². The van der Waals surface area contributed by atoms with Gasteiger partial charge in [0.2, 0.25) is 10.0 Å². The van der Waals surface area contributed by atoms with Crippen molar-refractivity contribution >= 4 is 32.8 Å². The van der Waals surface area contributed by atoms with Crippen molar-refractivity contribution in [1.29, 1.82) is 0 Å².